The number of rotatable bonds is 8. The van der Waals surface area contributed by atoms with Gasteiger partial charge in [-0.15, -0.1) is 0 Å². The molecule has 0 spiro atoms. The third-order valence-electron chi connectivity index (χ3n) is 4.55. The number of aliphatic hydroxyl groups excluding tert-OH is 1. The van der Waals surface area contributed by atoms with E-state index in [1.807, 2.05) is 7.05 Å². The van der Waals surface area contributed by atoms with Gasteiger partial charge >= 0.3 is 0 Å². The first-order chi connectivity index (χ1) is 9.52. The molecule has 5 nitrogen and oxygen atoms in total. The Hall–Kier alpha value is -1.07. The van der Waals surface area contributed by atoms with Gasteiger partial charge in [-0.05, 0) is 25.9 Å². The molecule has 1 aromatic heterocycles. The van der Waals surface area contributed by atoms with Crippen molar-refractivity contribution in [2.45, 2.75) is 52.2 Å². The highest BCUT2D eigenvalue weighted by Gasteiger charge is 2.42. The van der Waals surface area contributed by atoms with Crippen LogP contribution in [0.5, 0.6) is 5.75 Å². The molecule has 0 aliphatic carbocycles. The summed E-state index contributed by atoms with van der Waals surface area (Å²) in [6, 6.07) is 0. The van der Waals surface area contributed by atoms with E-state index in [4.69, 9.17) is 4.74 Å². The molecule has 1 rings (SSSR count). The molecule has 0 saturated carbocycles. The minimum Gasteiger partial charge on any atom is -0.493 e. The average Bonchev–Trinajstić information content (AvgIpc) is 2.85. The molecule has 1 N–H and O–H groups in total. The van der Waals surface area contributed by atoms with Gasteiger partial charge in [-0.25, -0.2) is 0 Å². The maximum Gasteiger partial charge on any atom is 0.162 e. The van der Waals surface area contributed by atoms with Gasteiger partial charge in [0.05, 0.1) is 18.8 Å². The van der Waals surface area contributed by atoms with Gasteiger partial charge in [-0.2, -0.15) is 5.10 Å². The highest BCUT2D eigenvalue weighted by molar-refractivity contribution is 5.29. The third-order valence-corrected chi connectivity index (χ3v) is 4.55. The van der Waals surface area contributed by atoms with Gasteiger partial charge in [0.1, 0.15) is 11.8 Å². The molecule has 0 radical (unpaired) electrons. The normalized spacial score (nSPS) is 13.8. The molecule has 1 unspecified atom stereocenters. The predicted molar refractivity (Wildman–Crippen MR) is 81.0 cm³/mol. The Kier molecular flexibility index (Phi) is 6.02. The molecule has 1 atom stereocenters. The van der Waals surface area contributed by atoms with Crippen LogP contribution in [0.15, 0.2) is 6.20 Å². The second-order valence-corrected chi connectivity index (χ2v) is 5.11. The van der Waals surface area contributed by atoms with E-state index >= 15 is 0 Å². The van der Waals surface area contributed by atoms with E-state index in [2.05, 4.69) is 37.7 Å². The van der Waals surface area contributed by atoms with Gasteiger partial charge in [-0.3, -0.25) is 9.58 Å². The number of hydrogen-bond donors (Lipinski definition) is 1. The maximum atomic E-state index is 11.1. The van der Waals surface area contributed by atoms with Crippen molar-refractivity contribution in [3.05, 3.63) is 11.9 Å². The summed E-state index contributed by atoms with van der Waals surface area (Å²) in [7, 11) is 3.46. The van der Waals surface area contributed by atoms with Crippen molar-refractivity contribution in [1.82, 2.24) is 14.7 Å². The Bertz CT molecular complexity index is 409. The Morgan fingerprint density at radius 2 is 1.85 bits per heavy atom. The fourth-order valence-electron chi connectivity index (χ4n) is 3.26. The van der Waals surface area contributed by atoms with Crippen LogP contribution in [0.2, 0.25) is 0 Å². The van der Waals surface area contributed by atoms with Crippen molar-refractivity contribution in [3.63, 3.8) is 0 Å². The maximum absolute atomic E-state index is 11.1. The van der Waals surface area contributed by atoms with Gasteiger partial charge in [-0.1, -0.05) is 27.7 Å². The zero-order valence-electron chi connectivity index (χ0n) is 13.7. The number of likely N-dealkylation sites (N-methyl/N-ethyl adjacent to an activating group) is 1. The third kappa shape index (κ3) is 2.69. The lowest BCUT2D eigenvalue weighted by molar-refractivity contribution is -0.0413. The van der Waals surface area contributed by atoms with Crippen LogP contribution >= 0.6 is 0 Å². The molecule has 0 fully saturated rings. The highest BCUT2D eigenvalue weighted by atomic mass is 16.5. The molecule has 0 aliphatic heterocycles. The monoisotopic (exact) mass is 283 g/mol. The van der Waals surface area contributed by atoms with Crippen LogP contribution in [-0.2, 0) is 7.05 Å². The summed E-state index contributed by atoms with van der Waals surface area (Å²) < 4.78 is 7.07. The first-order valence-electron chi connectivity index (χ1n) is 7.51. The Morgan fingerprint density at radius 3 is 2.25 bits per heavy atom. The van der Waals surface area contributed by atoms with Crippen LogP contribution in [0.3, 0.4) is 0 Å². The lowest BCUT2D eigenvalue weighted by Gasteiger charge is -2.45. The lowest BCUT2D eigenvalue weighted by atomic mass is 9.82. The SMILES string of the molecule is CCN(CC)C(CC)(CC)C(O)c1c(OC)cnn1C. The Balaban J connectivity index is 3.30. The van der Waals surface area contributed by atoms with Crippen molar-refractivity contribution in [2.24, 2.45) is 7.05 Å². The molecule has 116 valence electrons. The van der Waals surface area contributed by atoms with Crippen molar-refractivity contribution in [3.8, 4) is 5.75 Å². The molecular formula is C15H29N3O2. The average molecular weight is 283 g/mol. The minimum absolute atomic E-state index is 0.287. The zero-order chi connectivity index (χ0) is 15.3. The van der Waals surface area contributed by atoms with Gasteiger partial charge in [0.25, 0.3) is 0 Å². The van der Waals surface area contributed by atoms with E-state index in [0.29, 0.717) is 5.75 Å². The predicted octanol–water partition coefficient (Wildman–Crippen LogP) is 2.36. The molecular weight excluding hydrogens is 254 g/mol. The second kappa shape index (κ2) is 7.09. The second-order valence-electron chi connectivity index (χ2n) is 5.11. The van der Waals surface area contributed by atoms with Crippen LogP contribution in [0.4, 0.5) is 0 Å². The quantitative estimate of drug-likeness (QED) is 0.796. The molecule has 20 heavy (non-hydrogen) atoms. The Morgan fingerprint density at radius 1 is 1.30 bits per heavy atom. The number of nitrogens with zero attached hydrogens (tertiary/aromatic N) is 3. The summed E-state index contributed by atoms with van der Waals surface area (Å²) in [6.07, 6.45) is 2.79. The van der Waals surface area contributed by atoms with Gasteiger partial charge in [0.15, 0.2) is 5.75 Å². The van der Waals surface area contributed by atoms with E-state index < -0.39 is 6.10 Å². The number of methoxy groups -OCH3 is 1. The molecule has 5 heteroatoms. The van der Waals surface area contributed by atoms with E-state index in [0.717, 1.165) is 31.6 Å². The summed E-state index contributed by atoms with van der Waals surface area (Å²) in [4.78, 5) is 2.34. The molecule has 0 aromatic carbocycles. The van der Waals surface area contributed by atoms with Crippen molar-refractivity contribution >= 4 is 0 Å². The van der Waals surface area contributed by atoms with E-state index in [1.165, 1.54) is 0 Å². The van der Waals surface area contributed by atoms with Crippen LogP contribution in [0.1, 0.15) is 52.3 Å². The van der Waals surface area contributed by atoms with Crippen molar-refractivity contribution < 1.29 is 9.84 Å². The van der Waals surface area contributed by atoms with Gasteiger partial charge in [0.2, 0.25) is 0 Å². The zero-order valence-corrected chi connectivity index (χ0v) is 13.7. The summed E-state index contributed by atoms with van der Waals surface area (Å²) in [5.41, 5.74) is 0.466. The van der Waals surface area contributed by atoms with E-state index in [9.17, 15) is 5.11 Å². The number of aryl methyl sites for hydroxylation is 1. The van der Waals surface area contributed by atoms with Crippen LogP contribution in [0, 0.1) is 0 Å². The Labute approximate surface area is 122 Å². The van der Waals surface area contributed by atoms with Gasteiger partial charge < -0.3 is 9.84 Å². The summed E-state index contributed by atoms with van der Waals surface area (Å²) >= 11 is 0. The molecule has 1 aromatic rings. The molecule has 0 saturated heterocycles. The highest BCUT2D eigenvalue weighted by Crippen LogP contribution is 2.40. The van der Waals surface area contributed by atoms with Crippen LogP contribution < -0.4 is 4.74 Å². The van der Waals surface area contributed by atoms with Gasteiger partial charge in [0, 0.05) is 7.05 Å². The van der Waals surface area contributed by atoms with E-state index in [-0.39, 0.29) is 5.54 Å². The smallest absolute Gasteiger partial charge is 0.162 e. The first-order valence-corrected chi connectivity index (χ1v) is 7.51. The summed E-state index contributed by atoms with van der Waals surface area (Å²) in [5.74, 6) is 0.651. The minimum atomic E-state index is -0.625. The first kappa shape index (κ1) is 17.0. The topological polar surface area (TPSA) is 50.5 Å². The lowest BCUT2D eigenvalue weighted by Crippen LogP contribution is -2.52. The largest absolute Gasteiger partial charge is 0.493 e. The van der Waals surface area contributed by atoms with Crippen molar-refractivity contribution in [1.29, 1.82) is 0 Å². The van der Waals surface area contributed by atoms with Crippen LogP contribution in [-0.4, -0.2) is 45.5 Å². The fraction of sp³-hybridized carbons (Fsp3) is 0.800. The van der Waals surface area contributed by atoms with Crippen LogP contribution in [0.25, 0.3) is 0 Å². The molecule has 1 heterocycles. The molecule has 0 bridgehead atoms. The summed E-state index contributed by atoms with van der Waals surface area (Å²) in [5, 5.41) is 15.3. The number of ether oxygens (including phenoxy) is 1. The number of hydrogen-bond acceptors (Lipinski definition) is 4. The van der Waals surface area contributed by atoms with Crippen molar-refractivity contribution in [2.75, 3.05) is 20.2 Å². The van der Waals surface area contributed by atoms with E-state index in [1.54, 1.807) is 18.0 Å². The molecule has 0 aliphatic rings. The standard InChI is InChI=1S/C15H29N3O2/c1-7-15(8-2,18(9-3)10-4)14(19)13-12(20-6)11-16-17(13)5/h11,14,19H,7-10H2,1-6H3. The summed E-state index contributed by atoms with van der Waals surface area (Å²) in [6.45, 7) is 10.4. The number of aromatic nitrogens is 2. The number of aliphatic hydroxyl groups is 1. The fourth-order valence-corrected chi connectivity index (χ4v) is 3.26. The molecule has 0 amide bonds.